The van der Waals surface area contributed by atoms with Crippen molar-refractivity contribution >= 4 is 27.8 Å². The molecule has 1 aliphatic rings. The monoisotopic (exact) mass is 363 g/mol. The van der Waals surface area contributed by atoms with Gasteiger partial charge in [-0.05, 0) is 34.3 Å². The molecule has 0 fully saturated rings. The lowest BCUT2D eigenvalue weighted by Crippen LogP contribution is -2.41. The van der Waals surface area contributed by atoms with Crippen LogP contribution in [-0.4, -0.2) is 22.4 Å². The maximum Gasteiger partial charge on any atom is 0.415 e. The zero-order chi connectivity index (χ0) is 15.7. The summed E-state index contributed by atoms with van der Waals surface area (Å²) in [5.74, 6) is 1.12. The summed E-state index contributed by atoms with van der Waals surface area (Å²) < 4.78 is 8.19. The van der Waals surface area contributed by atoms with Crippen LogP contribution < -0.4 is 4.90 Å². The van der Waals surface area contributed by atoms with E-state index in [1.807, 2.05) is 41.9 Å². The zero-order valence-electron chi connectivity index (χ0n) is 12.6. The fraction of sp³-hybridized carbons (Fsp3) is 0.375. The maximum atomic E-state index is 12.5. The van der Waals surface area contributed by atoms with Crippen molar-refractivity contribution in [2.45, 2.75) is 27.0 Å². The summed E-state index contributed by atoms with van der Waals surface area (Å²) >= 11 is 3.53. The molecular formula is C16H18BrN3O2. The van der Waals surface area contributed by atoms with Gasteiger partial charge in [-0.2, -0.15) is 5.10 Å². The average Bonchev–Trinajstić information content (AvgIpc) is 2.79. The highest BCUT2D eigenvalue weighted by Gasteiger charge is 2.31. The van der Waals surface area contributed by atoms with Gasteiger partial charge in [-0.1, -0.05) is 37.3 Å². The van der Waals surface area contributed by atoms with E-state index in [0.29, 0.717) is 12.5 Å². The van der Waals surface area contributed by atoms with Crippen molar-refractivity contribution in [2.75, 3.05) is 11.4 Å². The van der Waals surface area contributed by atoms with Crippen molar-refractivity contribution < 1.29 is 9.53 Å². The first-order valence-electron chi connectivity index (χ1n) is 7.27. The quantitative estimate of drug-likeness (QED) is 0.816. The Kier molecular flexibility index (Phi) is 4.20. The number of benzene rings is 1. The Bertz CT molecular complexity index is 684. The van der Waals surface area contributed by atoms with Crippen molar-refractivity contribution in [3.05, 3.63) is 46.1 Å². The number of halogens is 1. The second kappa shape index (κ2) is 6.12. The SMILES string of the molecule is Cc1nn2c(c1Br)N(C(=O)OCc1ccccc1)CC(C)C2. The number of aromatic nitrogens is 2. The first-order valence-corrected chi connectivity index (χ1v) is 8.06. The topological polar surface area (TPSA) is 47.4 Å². The van der Waals surface area contributed by atoms with Gasteiger partial charge in [-0.15, -0.1) is 0 Å². The van der Waals surface area contributed by atoms with Gasteiger partial charge in [0.25, 0.3) is 0 Å². The van der Waals surface area contributed by atoms with Gasteiger partial charge in [0, 0.05) is 13.1 Å². The third-order valence-corrected chi connectivity index (χ3v) is 4.62. The average molecular weight is 364 g/mol. The molecule has 0 saturated heterocycles. The number of hydrogen-bond acceptors (Lipinski definition) is 3. The van der Waals surface area contributed by atoms with Crippen LogP contribution in [-0.2, 0) is 17.9 Å². The standard InChI is InChI=1S/C16H18BrN3O2/c1-11-8-19(15-14(17)12(2)18-20(15)9-11)16(21)22-10-13-6-4-3-5-7-13/h3-7,11H,8-10H2,1-2H3. The van der Waals surface area contributed by atoms with Gasteiger partial charge in [-0.3, -0.25) is 4.90 Å². The highest BCUT2D eigenvalue weighted by atomic mass is 79.9. The smallest absolute Gasteiger partial charge is 0.415 e. The Labute approximate surface area is 138 Å². The molecule has 5 nitrogen and oxygen atoms in total. The summed E-state index contributed by atoms with van der Waals surface area (Å²) in [6, 6.07) is 9.69. The molecule has 2 aromatic rings. The molecule has 6 heteroatoms. The van der Waals surface area contributed by atoms with Gasteiger partial charge in [0.2, 0.25) is 0 Å². The van der Waals surface area contributed by atoms with Gasteiger partial charge >= 0.3 is 6.09 Å². The fourth-order valence-corrected chi connectivity index (χ4v) is 3.14. The highest BCUT2D eigenvalue weighted by Crippen LogP contribution is 2.34. The first-order chi connectivity index (χ1) is 10.6. The molecule has 1 atom stereocenters. The van der Waals surface area contributed by atoms with Crippen LogP contribution in [0.25, 0.3) is 0 Å². The number of hydrogen-bond donors (Lipinski definition) is 0. The van der Waals surface area contributed by atoms with Gasteiger partial charge in [0.15, 0.2) is 5.82 Å². The van der Waals surface area contributed by atoms with E-state index in [1.54, 1.807) is 4.90 Å². The van der Waals surface area contributed by atoms with Crippen LogP contribution in [0.3, 0.4) is 0 Å². The minimum absolute atomic E-state index is 0.273. The van der Waals surface area contributed by atoms with Gasteiger partial charge < -0.3 is 4.74 Å². The van der Waals surface area contributed by atoms with E-state index in [-0.39, 0.29) is 12.7 Å². The third-order valence-electron chi connectivity index (χ3n) is 3.69. The maximum absolute atomic E-state index is 12.5. The van der Waals surface area contributed by atoms with Crippen LogP contribution >= 0.6 is 15.9 Å². The van der Waals surface area contributed by atoms with Crippen LogP contribution in [0, 0.1) is 12.8 Å². The number of carbonyl (C=O) groups excluding carboxylic acids is 1. The summed E-state index contributed by atoms with van der Waals surface area (Å²) in [7, 11) is 0. The number of aryl methyl sites for hydroxylation is 1. The lowest BCUT2D eigenvalue weighted by molar-refractivity contribution is 0.144. The number of anilines is 1. The normalized spacial score (nSPS) is 17.2. The summed E-state index contributed by atoms with van der Waals surface area (Å²) in [6.07, 6.45) is -0.336. The minimum Gasteiger partial charge on any atom is -0.444 e. The van der Waals surface area contributed by atoms with Crippen LogP contribution in [0.1, 0.15) is 18.2 Å². The van der Waals surface area contributed by atoms with Crippen LogP contribution in [0.2, 0.25) is 0 Å². The number of fused-ring (bicyclic) bond motifs is 1. The van der Waals surface area contributed by atoms with Gasteiger partial charge in [-0.25, -0.2) is 9.48 Å². The van der Waals surface area contributed by atoms with E-state index < -0.39 is 0 Å². The number of ether oxygens (including phenoxy) is 1. The Morgan fingerprint density at radius 1 is 1.36 bits per heavy atom. The van der Waals surface area contributed by atoms with Gasteiger partial charge in [0.1, 0.15) is 6.61 Å². The van der Waals surface area contributed by atoms with Crippen molar-refractivity contribution in [2.24, 2.45) is 5.92 Å². The molecule has 1 aromatic heterocycles. The Balaban J connectivity index is 1.78. The molecule has 0 saturated carbocycles. The van der Waals surface area contributed by atoms with Crippen molar-refractivity contribution in [3.63, 3.8) is 0 Å². The predicted octanol–water partition coefficient (Wildman–Crippen LogP) is 3.75. The molecule has 1 aliphatic heterocycles. The Hall–Kier alpha value is -1.82. The summed E-state index contributed by atoms with van der Waals surface area (Å²) in [4.78, 5) is 14.2. The number of nitrogens with zero attached hydrogens (tertiary/aromatic N) is 3. The molecule has 3 rings (SSSR count). The van der Waals surface area contributed by atoms with Crippen molar-refractivity contribution in [3.8, 4) is 0 Å². The van der Waals surface area contributed by atoms with E-state index >= 15 is 0 Å². The second-order valence-electron chi connectivity index (χ2n) is 5.66. The van der Waals surface area contributed by atoms with E-state index in [4.69, 9.17) is 4.74 Å². The van der Waals surface area contributed by atoms with Crippen LogP contribution in [0.4, 0.5) is 10.6 Å². The third kappa shape index (κ3) is 2.88. The molecule has 0 spiro atoms. The molecule has 2 heterocycles. The van der Waals surface area contributed by atoms with E-state index in [0.717, 1.165) is 28.1 Å². The number of carbonyl (C=O) groups is 1. The second-order valence-corrected chi connectivity index (χ2v) is 6.45. The van der Waals surface area contributed by atoms with E-state index in [2.05, 4.69) is 28.0 Å². The predicted molar refractivity (Wildman–Crippen MR) is 87.8 cm³/mol. The van der Waals surface area contributed by atoms with Crippen LogP contribution in [0.5, 0.6) is 0 Å². The lowest BCUT2D eigenvalue weighted by atomic mass is 10.1. The van der Waals surface area contributed by atoms with Crippen molar-refractivity contribution in [1.82, 2.24) is 9.78 Å². The zero-order valence-corrected chi connectivity index (χ0v) is 14.2. The summed E-state index contributed by atoms with van der Waals surface area (Å²) in [6.45, 7) is 5.75. The highest BCUT2D eigenvalue weighted by molar-refractivity contribution is 9.10. The summed E-state index contributed by atoms with van der Waals surface area (Å²) in [5, 5.41) is 4.47. The van der Waals surface area contributed by atoms with Crippen LogP contribution in [0.15, 0.2) is 34.8 Å². The fourth-order valence-electron chi connectivity index (χ4n) is 2.64. The van der Waals surface area contributed by atoms with Crippen molar-refractivity contribution in [1.29, 1.82) is 0 Å². The first kappa shape index (κ1) is 15.1. The molecule has 0 bridgehead atoms. The largest absolute Gasteiger partial charge is 0.444 e. The molecule has 1 aromatic carbocycles. The number of rotatable bonds is 2. The molecule has 22 heavy (non-hydrogen) atoms. The molecule has 1 unspecified atom stereocenters. The molecule has 116 valence electrons. The number of amides is 1. The molecule has 0 aliphatic carbocycles. The lowest BCUT2D eigenvalue weighted by Gasteiger charge is -2.31. The molecule has 0 N–H and O–H groups in total. The van der Waals surface area contributed by atoms with Gasteiger partial charge in [0.05, 0.1) is 10.2 Å². The molecule has 1 amide bonds. The van der Waals surface area contributed by atoms with E-state index in [1.165, 1.54) is 0 Å². The Morgan fingerprint density at radius 2 is 2.09 bits per heavy atom. The summed E-state index contributed by atoms with van der Waals surface area (Å²) in [5.41, 5.74) is 1.86. The molecular weight excluding hydrogens is 346 g/mol. The van der Waals surface area contributed by atoms with E-state index in [9.17, 15) is 4.79 Å². The molecule has 0 radical (unpaired) electrons. The minimum atomic E-state index is -0.336. The Morgan fingerprint density at radius 3 is 2.82 bits per heavy atom.